The Kier molecular flexibility index (Phi) is 7.58. The van der Waals surface area contributed by atoms with Gasteiger partial charge in [-0.05, 0) is 60.1 Å². The van der Waals surface area contributed by atoms with Gasteiger partial charge >= 0.3 is 5.51 Å². The number of nitrogens with zero attached hydrogens (tertiary/aromatic N) is 3. The van der Waals surface area contributed by atoms with Gasteiger partial charge in [-0.2, -0.15) is 13.2 Å². The van der Waals surface area contributed by atoms with Gasteiger partial charge in [0.15, 0.2) is 0 Å². The molecule has 186 valence electrons. The summed E-state index contributed by atoms with van der Waals surface area (Å²) in [6, 6.07) is 17.2. The van der Waals surface area contributed by atoms with Crippen LogP contribution in [-0.4, -0.2) is 43.1 Å². The molecule has 1 saturated heterocycles. The van der Waals surface area contributed by atoms with Gasteiger partial charge < -0.3 is 4.90 Å². The second kappa shape index (κ2) is 10.5. The zero-order chi connectivity index (χ0) is 25.1. The lowest BCUT2D eigenvalue weighted by Gasteiger charge is -2.22. The van der Waals surface area contributed by atoms with E-state index in [1.54, 1.807) is 48.7 Å². The van der Waals surface area contributed by atoms with Crippen molar-refractivity contribution in [2.75, 3.05) is 22.8 Å². The summed E-state index contributed by atoms with van der Waals surface area (Å²) >= 11 is -0.130. The van der Waals surface area contributed by atoms with Crippen LogP contribution < -0.4 is 9.62 Å². The molecule has 2 aromatic carbocycles. The molecule has 0 radical (unpaired) electrons. The molecular formula is C24H25F3N4O2S2. The number of thioether (sulfide) groups is 1. The third-order valence-electron chi connectivity index (χ3n) is 5.65. The van der Waals surface area contributed by atoms with Crippen molar-refractivity contribution in [3.63, 3.8) is 0 Å². The highest BCUT2D eigenvalue weighted by molar-refractivity contribution is 8.00. The summed E-state index contributed by atoms with van der Waals surface area (Å²) in [4.78, 5) is 8.51. The van der Waals surface area contributed by atoms with E-state index in [9.17, 15) is 21.6 Å². The second-order valence-electron chi connectivity index (χ2n) is 8.38. The van der Waals surface area contributed by atoms with Gasteiger partial charge in [-0.1, -0.05) is 30.3 Å². The van der Waals surface area contributed by atoms with E-state index in [0.717, 1.165) is 11.3 Å². The van der Waals surface area contributed by atoms with E-state index in [1.807, 2.05) is 6.07 Å². The molecule has 0 bridgehead atoms. The Balaban J connectivity index is 1.43. The Morgan fingerprint density at radius 3 is 2.49 bits per heavy atom. The smallest absolute Gasteiger partial charge is 0.357 e. The first-order chi connectivity index (χ1) is 16.6. The molecule has 4 rings (SSSR count). The van der Waals surface area contributed by atoms with Crippen molar-refractivity contribution in [1.29, 1.82) is 0 Å². The zero-order valence-corrected chi connectivity index (χ0v) is 20.6. The monoisotopic (exact) mass is 522 g/mol. The average Bonchev–Trinajstić information content (AvgIpc) is 3.15. The van der Waals surface area contributed by atoms with Crippen LogP contribution in [0.2, 0.25) is 0 Å². The maximum atomic E-state index is 12.7. The molecule has 0 aliphatic carbocycles. The first-order valence-electron chi connectivity index (χ1n) is 10.9. The van der Waals surface area contributed by atoms with Gasteiger partial charge in [0.05, 0.1) is 24.3 Å². The van der Waals surface area contributed by atoms with Crippen LogP contribution in [0.1, 0.15) is 18.1 Å². The number of nitrogens with one attached hydrogen (secondary N) is 1. The lowest BCUT2D eigenvalue weighted by molar-refractivity contribution is -0.0328. The summed E-state index contributed by atoms with van der Waals surface area (Å²) in [7, 11) is -3.63. The molecule has 1 unspecified atom stereocenters. The number of alkyl halides is 3. The fourth-order valence-corrected chi connectivity index (χ4v) is 5.73. The van der Waals surface area contributed by atoms with Crippen LogP contribution in [0.5, 0.6) is 0 Å². The molecule has 0 saturated carbocycles. The Hall–Kier alpha value is -2.76. The highest BCUT2D eigenvalue weighted by Gasteiger charge is 2.30. The number of pyridine rings is 1. The number of sulfonamides is 1. The summed E-state index contributed by atoms with van der Waals surface area (Å²) < 4.78 is 65.9. The normalized spacial score (nSPS) is 17.0. The van der Waals surface area contributed by atoms with Gasteiger partial charge in [0, 0.05) is 35.9 Å². The first kappa shape index (κ1) is 25.3. The van der Waals surface area contributed by atoms with Crippen LogP contribution in [0, 0.1) is 0 Å². The van der Waals surface area contributed by atoms with E-state index in [2.05, 4.69) is 26.4 Å². The minimum Gasteiger partial charge on any atom is -0.357 e. The highest BCUT2D eigenvalue weighted by atomic mass is 32.2. The van der Waals surface area contributed by atoms with E-state index < -0.39 is 15.5 Å². The van der Waals surface area contributed by atoms with Crippen LogP contribution in [0.15, 0.2) is 78.0 Å². The summed E-state index contributed by atoms with van der Waals surface area (Å²) in [6.07, 6.45) is 3.13. The summed E-state index contributed by atoms with van der Waals surface area (Å²) in [5.74, 6) is -0.140. The number of hydrogen-bond acceptors (Lipinski definition) is 6. The molecule has 1 aliphatic rings. The minimum absolute atomic E-state index is 0.130. The molecule has 6 nitrogen and oxygen atoms in total. The Labute approximate surface area is 207 Å². The zero-order valence-electron chi connectivity index (χ0n) is 18.9. The first-order valence-corrected chi connectivity index (χ1v) is 13.4. The molecule has 1 aromatic heterocycles. The van der Waals surface area contributed by atoms with Crippen LogP contribution in [0.25, 0.3) is 0 Å². The van der Waals surface area contributed by atoms with Crippen molar-refractivity contribution in [2.45, 2.75) is 35.7 Å². The maximum absolute atomic E-state index is 12.7. The number of hydrogen-bond donors (Lipinski definition) is 1. The van der Waals surface area contributed by atoms with Gasteiger partial charge in [-0.15, -0.1) is 0 Å². The van der Waals surface area contributed by atoms with Gasteiger partial charge in [-0.3, -0.25) is 14.6 Å². The Bertz CT molecular complexity index is 1240. The van der Waals surface area contributed by atoms with E-state index in [-0.39, 0.29) is 28.5 Å². The fraction of sp³-hybridized carbons (Fsp3) is 0.292. The molecule has 1 atom stereocenters. The van der Waals surface area contributed by atoms with E-state index in [0.29, 0.717) is 31.0 Å². The molecule has 0 spiro atoms. The van der Waals surface area contributed by atoms with Crippen molar-refractivity contribution < 1.29 is 21.6 Å². The molecule has 1 N–H and O–H groups in total. The lowest BCUT2D eigenvalue weighted by Crippen LogP contribution is -2.29. The van der Waals surface area contributed by atoms with Crippen molar-refractivity contribution in [1.82, 2.24) is 9.88 Å². The number of anilines is 2. The average molecular weight is 523 g/mol. The molecule has 35 heavy (non-hydrogen) atoms. The van der Waals surface area contributed by atoms with Crippen molar-refractivity contribution >= 4 is 33.2 Å². The number of benzene rings is 2. The number of aromatic nitrogens is 1. The van der Waals surface area contributed by atoms with Gasteiger partial charge in [0.25, 0.3) is 0 Å². The molecule has 1 aliphatic heterocycles. The van der Waals surface area contributed by atoms with Crippen LogP contribution in [-0.2, 0) is 22.3 Å². The third kappa shape index (κ3) is 7.12. The minimum atomic E-state index is -4.31. The van der Waals surface area contributed by atoms with Crippen molar-refractivity contribution in [3.05, 3.63) is 84.2 Å². The van der Waals surface area contributed by atoms with Gasteiger partial charge in [0.2, 0.25) is 10.0 Å². The van der Waals surface area contributed by atoms with Gasteiger partial charge in [-0.25, -0.2) is 8.42 Å². The molecule has 0 amide bonds. The predicted octanol–water partition coefficient (Wildman–Crippen LogP) is 5.30. The molecule has 3 aromatic rings. The Morgan fingerprint density at radius 2 is 1.80 bits per heavy atom. The number of rotatable bonds is 8. The molecule has 11 heteroatoms. The van der Waals surface area contributed by atoms with E-state index in [1.165, 1.54) is 18.3 Å². The van der Waals surface area contributed by atoms with E-state index >= 15 is 0 Å². The molecule has 2 heterocycles. The largest absolute Gasteiger partial charge is 0.446 e. The molecule has 1 fully saturated rings. The van der Waals surface area contributed by atoms with Crippen LogP contribution >= 0.6 is 11.8 Å². The SMILES string of the molecule is CC1CN(c2ccc(SC(F)(F)F)cc2)CN1Cc1ccncc1NS(=O)(=O)Cc1ccccc1. The Morgan fingerprint density at radius 1 is 1.09 bits per heavy atom. The maximum Gasteiger partial charge on any atom is 0.446 e. The predicted molar refractivity (Wildman–Crippen MR) is 132 cm³/mol. The topological polar surface area (TPSA) is 65.5 Å². The standard InChI is InChI=1S/C24H25F3N4O2S2/c1-18-14-31(21-7-9-22(10-8-21)34-24(25,26)27)17-30(18)15-20-11-12-28-13-23(20)29-35(32,33)16-19-5-3-2-4-6-19/h2-13,18,29H,14-17H2,1H3. The third-order valence-corrected chi connectivity index (χ3v) is 7.63. The summed E-state index contributed by atoms with van der Waals surface area (Å²) in [6.45, 7) is 3.82. The fourth-order valence-electron chi connectivity index (χ4n) is 3.97. The summed E-state index contributed by atoms with van der Waals surface area (Å²) in [5, 5.41) is 0. The van der Waals surface area contributed by atoms with Crippen molar-refractivity contribution in [2.24, 2.45) is 0 Å². The molecular weight excluding hydrogens is 497 g/mol. The van der Waals surface area contributed by atoms with E-state index in [4.69, 9.17) is 0 Å². The summed E-state index contributed by atoms with van der Waals surface area (Å²) in [5.41, 5.74) is -1.56. The highest BCUT2D eigenvalue weighted by Crippen LogP contribution is 2.37. The second-order valence-corrected chi connectivity index (χ2v) is 11.2. The van der Waals surface area contributed by atoms with Crippen LogP contribution in [0.3, 0.4) is 0 Å². The van der Waals surface area contributed by atoms with Gasteiger partial charge in [0.1, 0.15) is 0 Å². The van der Waals surface area contributed by atoms with Crippen LogP contribution in [0.4, 0.5) is 24.5 Å². The quantitative estimate of drug-likeness (QED) is 0.405. The number of halogens is 3. The van der Waals surface area contributed by atoms with Crippen molar-refractivity contribution in [3.8, 4) is 0 Å². The lowest BCUT2D eigenvalue weighted by atomic mass is 10.2.